The molecule has 1 unspecified atom stereocenters. The molecule has 0 fully saturated rings. The van der Waals surface area contributed by atoms with Crippen LogP contribution in [0, 0.1) is 0 Å². The highest BCUT2D eigenvalue weighted by molar-refractivity contribution is 6.33. The maximum atomic E-state index is 12.2. The highest BCUT2D eigenvalue weighted by Crippen LogP contribution is 2.36. The van der Waals surface area contributed by atoms with E-state index in [-0.39, 0.29) is 12.5 Å². The minimum Gasteiger partial charge on any atom is -0.493 e. The summed E-state index contributed by atoms with van der Waals surface area (Å²) in [6, 6.07) is 14.2. The van der Waals surface area contributed by atoms with Crippen molar-refractivity contribution in [1.82, 2.24) is 5.32 Å². The summed E-state index contributed by atoms with van der Waals surface area (Å²) in [6.45, 7) is 0.521. The SMILES string of the molecule is O=C(NCC1(O)CCOc2ccccc21)c1ccccc1Cl. The first-order valence-corrected chi connectivity index (χ1v) is 7.45. The number of rotatable bonds is 3. The molecule has 1 aliphatic rings. The molecule has 1 heterocycles. The van der Waals surface area contributed by atoms with Crippen molar-refractivity contribution in [3.8, 4) is 5.75 Å². The van der Waals surface area contributed by atoms with Crippen LogP contribution in [0.3, 0.4) is 0 Å². The summed E-state index contributed by atoms with van der Waals surface area (Å²) in [6.07, 6.45) is 0.423. The van der Waals surface area contributed by atoms with Crippen LogP contribution in [0.1, 0.15) is 22.3 Å². The lowest BCUT2D eigenvalue weighted by Crippen LogP contribution is -2.44. The molecule has 0 saturated carbocycles. The van der Waals surface area contributed by atoms with Crippen molar-refractivity contribution < 1.29 is 14.6 Å². The fraction of sp³-hybridized carbons (Fsp3) is 0.235. The van der Waals surface area contributed by atoms with E-state index in [2.05, 4.69) is 5.32 Å². The number of benzene rings is 2. The average molecular weight is 318 g/mol. The number of nitrogens with one attached hydrogen (secondary N) is 1. The largest absolute Gasteiger partial charge is 0.493 e. The Morgan fingerprint density at radius 3 is 2.77 bits per heavy atom. The number of para-hydroxylation sites is 1. The third-order valence-electron chi connectivity index (χ3n) is 3.82. The zero-order chi connectivity index (χ0) is 15.6. The third-order valence-corrected chi connectivity index (χ3v) is 4.15. The molecular formula is C17H16ClNO3. The van der Waals surface area contributed by atoms with Gasteiger partial charge in [0.25, 0.3) is 5.91 Å². The fourth-order valence-corrected chi connectivity index (χ4v) is 2.81. The van der Waals surface area contributed by atoms with Gasteiger partial charge in [0.05, 0.1) is 23.7 Å². The summed E-state index contributed by atoms with van der Waals surface area (Å²) in [5.74, 6) is 0.353. The molecule has 1 amide bonds. The zero-order valence-electron chi connectivity index (χ0n) is 11.9. The molecule has 3 rings (SSSR count). The first kappa shape index (κ1) is 14.9. The van der Waals surface area contributed by atoms with Gasteiger partial charge in [0, 0.05) is 12.0 Å². The number of ether oxygens (including phenoxy) is 1. The molecule has 0 aliphatic carbocycles. The molecule has 2 aromatic carbocycles. The van der Waals surface area contributed by atoms with E-state index in [0.29, 0.717) is 34.9 Å². The normalized spacial score (nSPS) is 19.9. The van der Waals surface area contributed by atoms with Crippen LogP contribution in [0.15, 0.2) is 48.5 Å². The van der Waals surface area contributed by atoms with Crippen molar-refractivity contribution in [2.24, 2.45) is 0 Å². The number of hydrogen-bond donors (Lipinski definition) is 2. The molecule has 0 bridgehead atoms. The maximum Gasteiger partial charge on any atom is 0.252 e. The second kappa shape index (κ2) is 5.99. The number of halogens is 1. The standard InChI is InChI=1S/C17H16ClNO3/c18-14-7-3-1-5-12(14)16(20)19-11-17(21)9-10-22-15-8-4-2-6-13(15)17/h1-8,21H,9-11H2,(H,19,20). The maximum absolute atomic E-state index is 12.2. The lowest BCUT2D eigenvalue weighted by molar-refractivity contribution is -0.00160. The lowest BCUT2D eigenvalue weighted by Gasteiger charge is -2.34. The van der Waals surface area contributed by atoms with Gasteiger partial charge in [-0.2, -0.15) is 0 Å². The predicted molar refractivity (Wildman–Crippen MR) is 84.2 cm³/mol. The summed E-state index contributed by atoms with van der Waals surface area (Å²) in [5, 5.41) is 14.0. The molecule has 2 aromatic rings. The van der Waals surface area contributed by atoms with E-state index in [0.717, 1.165) is 0 Å². The molecule has 0 radical (unpaired) electrons. The van der Waals surface area contributed by atoms with E-state index >= 15 is 0 Å². The van der Waals surface area contributed by atoms with E-state index in [9.17, 15) is 9.90 Å². The van der Waals surface area contributed by atoms with Crippen LogP contribution in [-0.2, 0) is 5.60 Å². The van der Waals surface area contributed by atoms with E-state index in [4.69, 9.17) is 16.3 Å². The highest BCUT2D eigenvalue weighted by Gasteiger charge is 2.35. The predicted octanol–water partition coefficient (Wildman–Crippen LogP) is 2.74. The van der Waals surface area contributed by atoms with E-state index < -0.39 is 5.60 Å². The quantitative estimate of drug-likeness (QED) is 0.915. The minimum atomic E-state index is -1.13. The molecule has 114 valence electrons. The van der Waals surface area contributed by atoms with Crippen LogP contribution in [-0.4, -0.2) is 24.2 Å². The number of hydrogen-bond acceptors (Lipinski definition) is 3. The Morgan fingerprint density at radius 2 is 1.95 bits per heavy atom. The highest BCUT2D eigenvalue weighted by atomic mass is 35.5. The summed E-state index contributed by atoms with van der Waals surface area (Å²) >= 11 is 6.01. The Morgan fingerprint density at radius 1 is 1.23 bits per heavy atom. The molecule has 0 saturated heterocycles. The van der Waals surface area contributed by atoms with E-state index in [1.54, 1.807) is 24.3 Å². The summed E-state index contributed by atoms with van der Waals surface area (Å²) in [7, 11) is 0. The molecule has 22 heavy (non-hydrogen) atoms. The molecule has 0 aromatic heterocycles. The molecule has 1 aliphatic heterocycles. The van der Waals surface area contributed by atoms with Crippen LogP contribution in [0.4, 0.5) is 0 Å². The number of aliphatic hydroxyl groups is 1. The van der Waals surface area contributed by atoms with Gasteiger partial charge in [-0.15, -0.1) is 0 Å². The molecule has 4 nitrogen and oxygen atoms in total. The minimum absolute atomic E-state index is 0.109. The van der Waals surface area contributed by atoms with Gasteiger partial charge in [0.15, 0.2) is 0 Å². The van der Waals surface area contributed by atoms with Gasteiger partial charge in [-0.25, -0.2) is 0 Å². The Balaban J connectivity index is 1.77. The number of carbonyl (C=O) groups excluding carboxylic acids is 1. The number of fused-ring (bicyclic) bond motifs is 1. The summed E-state index contributed by atoms with van der Waals surface area (Å²) in [4.78, 5) is 12.2. The number of carbonyl (C=O) groups is 1. The second-order valence-electron chi connectivity index (χ2n) is 5.29. The second-order valence-corrected chi connectivity index (χ2v) is 5.70. The lowest BCUT2D eigenvalue weighted by atomic mass is 9.88. The van der Waals surface area contributed by atoms with Crippen LogP contribution in [0.25, 0.3) is 0 Å². The van der Waals surface area contributed by atoms with E-state index in [1.165, 1.54) is 0 Å². The summed E-state index contributed by atoms with van der Waals surface area (Å²) in [5.41, 5.74) is -0.0417. The molecule has 5 heteroatoms. The Labute approximate surface area is 133 Å². The van der Waals surface area contributed by atoms with Crippen molar-refractivity contribution in [1.29, 1.82) is 0 Å². The Bertz CT molecular complexity index is 704. The van der Waals surface area contributed by atoms with Crippen molar-refractivity contribution in [2.45, 2.75) is 12.0 Å². The molecule has 1 atom stereocenters. The van der Waals surface area contributed by atoms with Crippen molar-refractivity contribution in [3.05, 3.63) is 64.7 Å². The van der Waals surface area contributed by atoms with Crippen LogP contribution < -0.4 is 10.1 Å². The zero-order valence-corrected chi connectivity index (χ0v) is 12.6. The third kappa shape index (κ3) is 2.80. The van der Waals surface area contributed by atoms with Gasteiger partial charge < -0.3 is 15.2 Å². The average Bonchev–Trinajstić information content (AvgIpc) is 2.54. The Hall–Kier alpha value is -2.04. The molecule has 2 N–H and O–H groups in total. The van der Waals surface area contributed by atoms with Gasteiger partial charge in [0.2, 0.25) is 0 Å². The van der Waals surface area contributed by atoms with E-state index in [1.807, 2.05) is 24.3 Å². The van der Waals surface area contributed by atoms with Crippen LogP contribution in [0.2, 0.25) is 5.02 Å². The molecular weight excluding hydrogens is 302 g/mol. The first-order valence-electron chi connectivity index (χ1n) is 7.07. The van der Waals surface area contributed by atoms with Gasteiger partial charge in [-0.1, -0.05) is 41.9 Å². The Kier molecular flexibility index (Phi) is 4.05. The van der Waals surface area contributed by atoms with Gasteiger partial charge >= 0.3 is 0 Å². The summed E-state index contributed by atoms with van der Waals surface area (Å²) < 4.78 is 5.54. The first-order chi connectivity index (χ1) is 10.6. The van der Waals surface area contributed by atoms with Gasteiger partial charge in [-0.3, -0.25) is 4.79 Å². The topological polar surface area (TPSA) is 58.6 Å². The monoisotopic (exact) mass is 317 g/mol. The van der Waals surface area contributed by atoms with Crippen molar-refractivity contribution >= 4 is 17.5 Å². The fourth-order valence-electron chi connectivity index (χ4n) is 2.59. The molecule has 0 spiro atoms. The van der Waals surface area contributed by atoms with Crippen molar-refractivity contribution in [3.63, 3.8) is 0 Å². The van der Waals surface area contributed by atoms with Crippen LogP contribution >= 0.6 is 11.6 Å². The smallest absolute Gasteiger partial charge is 0.252 e. The van der Waals surface area contributed by atoms with Crippen LogP contribution in [0.5, 0.6) is 5.75 Å². The van der Waals surface area contributed by atoms with Gasteiger partial charge in [-0.05, 0) is 18.2 Å². The number of amides is 1. The van der Waals surface area contributed by atoms with Crippen molar-refractivity contribution in [2.75, 3.05) is 13.2 Å². The van der Waals surface area contributed by atoms with Gasteiger partial charge in [0.1, 0.15) is 11.4 Å².